The zero-order valence-electron chi connectivity index (χ0n) is 16.1. The Morgan fingerprint density at radius 2 is 1.97 bits per heavy atom. The van der Waals surface area contributed by atoms with Gasteiger partial charge in [-0.25, -0.2) is 4.39 Å². The zero-order chi connectivity index (χ0) is 19.8. The van der Waals surface area contributed by atoms with E-state index in [1.807, 2.05) is 6.07 Å². The molecule has 0 aliphatic carbocycles. The van der Waals surface area contributed by atoms with Gasteiger partial charge in [-0.3, -0.25) is 4.79 Å². The predicted octanol–water partition coefficient (Wildman–Crippen LogP) is 3.69. The third kappa shape index (κ3) is 3.54. The lowest BCUT2D eigenvalue weighted by atomic mass is 9.98. The van der Waals surface area contributed by atoms with Crippen LogP contribution in [0, 0.1) is 11.7 Å². The fraction of sp³-hybridized carbons (Fsp3) is 0.348. The third-order valence-corrected chi connectivity index (χ3v) is 5.84. The summed E-state index contributed by atoms with van der Waals surface area (Å²) in [5, 5.41) is 6.33. The number of rotatable bonds is 4. The highest BCUT2D eigenvalue weighted by Gasteiger charge is 2.32. The highest BCUT2D eigenvalue weighted by molar-refractivity contribution is 6.36. The van der Waals surface area contributed by atoms with Crippen molar-refractivity contribution >= 4 is 22.9 Å². The number of anilines is 1. The lowest BCUT2D eigenvalue weighted by Gasteiger charge is -2.22. The third-order valence-electron chi connectivity index (χ3n) is 5.84. The summed E-state index contributed by atoms with van der Waals surface area (Å²) in [6.45, 7) is 3.93. The van der Waals surface area contributed by atoms with Crippen molar-refractivity contribution in [2.45, 2.75) is 26.0 Å². The summed E-state index contributed by atoms with van der Waals surface area (Å²) in [6.07, 6.45) is 2.23. The SMILES string of the molecule is O=C1Nc2ccc(F)cc2C1=C1OCc2cc(CNCC3CCOCC3)ccc21. The summed E-state index contributed by atoms with van der Waals surface area (Å²) in [7, 11) is 0. The monoisotopic (exact) mass is 394 g/mol. The van der Waals surface area contributed by atoms with Crippen LogP contribution in [0.1, 0.15) is 35.1 Å². The van der Waals surface area contributed by atoms with Gasteiger partial charge in [0, 0.05) is 42.1 Å². The Kier molecular flexibility index (Phi) is 4.81. The number of carbonyl (C=O) groups is 1. The number of ether oxygens (including phenoxy) is 2. The predicted molar refractivity (Wildman–Crippen MR) is 108 cm³/mol. The van der Waals surface area contributed by atoms with Crippen molar-refractivity contribution in [3.05, 3.63) is 64.5 Å². The first-order valence-electron chi connectivity index (χ1n) is 10.1. The molecule has 0 radical (unpaired) electrons. The zero-order valence-corrected chi connectivity index (χ0v) is 16.1. The number of nitrogens with one attached hydrogen (secondary N) is 2. The summed E-state index contributed by atoms with van der Waals surface area (Å²) in [5.74, 6) is 0.584. The molecule has 0 unspecified atom stereocenters. The number of hydrogen-bond donors (Lipinski definition) is 2. The van der Waals surface area contributed by atoms with Gasteiger partial charge in [-0.15, -0.1) is 0 Å². The largest absolute Gasteiger partial charge is 0.487 e. The Bertz CT molecular complexity index is 996. The van der Waals surface area contributed by atoms with Crippen molar-refractivity contribution in [2.75, 3.05) is 25.1 Å². The molecule has 5 rings (SSSR count). The molecule has 2 aromatic carbocycles. The minimum Gasteiger partial charge on any atom is -0.487 e. The van der Waals surface area contributed by atoms with Crippen LogP contribution in [0.5, 0.6) is 0 Å². The quantitative estimate of drug-likeness (QED) is 0.777. The van der Waals surface area contributed by atoms with Crippen LogP contribution in [0.15, 0.2) is 36.4 Å². The molecule has 0 atom stereocenters. The van der Waals surface area contributed by atoms with Crippen LogP contribution in [0.2, 0.25) is 0 Å². The van der Waals surface area contributed by atoms with E-state index < -0.39 is 0 Å². The second kappa shape index (κ2) is 7.61. The van der Waals surface area contributed by atoms with Gasteiger partial charge in [0.1, 0.15) is 18.2 Å². The van der Waals surface area contributed by atoms with Gasteiger partial charge in [-0.05, 0) is 49.1 Å². The second-order valence-corrected chi connectivity index (χ2v) is 7.81. The van der Waals surface area contributed by atoms with Gasteiger partial charge in [0.15, 0.2) is 0 Å². The van der Waals surface area contributed by atoms with E-state index in [2.05, 4.69) is 22.8 Å². The summed E-state index contributed by atoms with van der Waals surface area (Å²) in [5.41, 5.74) is 4.72. The first-order chi connectivity index (χ1) is 14.2. The molecule has 0 bridgehead atoms. The number of carbonyl (C=O) groups excluding carboxylic acids is 1. The maximum atomic E-state index is 13.7. The van der Waals surface area contributed by atoms with Crippen molar-refractivity contribution < 1.29 is 18.7 Å². The Hall–Kier alpha value is -2.70. The van der Waals surface area contributed by atoms with E-state index in [1.165, 1.54) is 17.7 Å². The van der Waals surface area contributed by atoms with Gasteiger partial charge in [0.25, 0.3) is 5.91 Å². The van der Waals surface area contributed by atoms with Crippen LogP contribution in [-0.4, -0.2) is 25.7 Å². The molecule has 6 heteroatoms. The lowest BCUT2D eigenvalue weighted by Crippen LogP contribution is -2.27. The molecule has 1 amide bonds. The molecule has 3 aliphatic rings. The molecule has 1 fully saturated rings. The number of amides is 1. The molecular weight excluding hydrogens is 371 g/mol. The van der Waals surface area contributed by atoms with Gasteiger partial charge in [-0.1, -0.05) is 18.2 Å². The smallest absolute Gasteiger partial charge is 0.260 e. The Labute approximate surface area is 168 Å². The maximum Gasteiger partial charge on any atom is 0.260 e. The van der Waals surface area contributed by atoms with E-state index in [4.69, 9.17) is 9.47 Å². The molecule has 2 N–H and O–H groups in total. The van der Waals surface area contributed by atoms with E-state index in [-0.39, 0.29) is 11.7 Å². The second-order valence-electron chi connectivity index (χ2n) is 7.81. The molecule has 0 saturated carbocycles. The van der Waals surface area contributed by atoms with Crippen molar-refractivity contribution in [1.82, 2.24) is 5.32 Å². The number of hydrogen-bond acceptors (Lipinski definition) is 4. The van der Waals surface area contributed by atoms with Crippen LogP contribution in [-0.2, 0) is 27.4 Å². The fourth-order valence-electron chi connectivity index (χ4n) is 4.27. The standard InChI is InChI=1S/C23H23FN2O3/c24-17-2-4-20-19(10-17)21(23(27)26-20)22-18-3-1-15(9-16(18)13-29-22)12-25-11-14-5-7-28-8-6-14/h1-4,9-10,14,25H,5-8,11-13H2,(H,26,27). The van der Waals surface area contributed by atoms with Crippen LogP contribution >= 0.6 is 0 Å². The number of benzene rings is 2. The van der Waals surface area contributed by atoms with Crippen LogP contribution < -0.4 is 10.6 Å². The fourth-order valence-corrected chi connectivity index (χ4v) is 4.27. The highest BCUT2D eigenvalue weighted by Crippen LogP contribution is 2.41. The van der Waals surface area contributed by atoms with E-state index in [0.29, 0.717) is 35.1 Å². The van der Waals surface area contributed by atoms with Gasteiger partial charge >= 0.3 is 0 Å². The van der Waals surface area contributed by atoms with Gasteiger partial charge < -0.3 is 20.1 Å². The van der Waals surface area contributed by atoms with E-state index in [9.17, 15) is 9.18 Å². The van der Waals surface area contributed by atoms with Crippen LogP contribution in [0.4, 0.5) is 10.1 Å². The van der Waals surface area contributed by atoms with Crippen molar-refractivity contribution in [2.24, 2.45) is 5.92 Å². The molecular formula is C23H23FN2O3. The van der Waals surface area contributed by atoms with Crippen LogP contribution in [0.25, 0.3) is 11.3 Å². The molecule has 150 valence electrons. The molecule has 29 heavy (non-hydrogen) atoms. The minimum atomic E-state index is -0.373. The highest BCUT2D eigenvalue weighted by atomic mass is 19.1. The average molecular weight is 394 g/mol. The first-order valence-corrected chi connectivity index (χ1v) is 10.1. The minimum absolute atomic E-state index is 0.254. The number of halogens is 1. The topological polar surface area (TPSA) is 59.6 Å². The summed E-state index contributed by atoms with van der Waals surface area (Å²) in [6, 6.07) is 10.5. The molecule has 3 heterocycles. The van der Waals surface area contributed by atoms with E-state index >= 15 is 0 Å². The molecule has 5 nitrogen and oxygen atoms in total. The molecule has 0 aromatic heterocycles. The molecule has 1 saturated heterocycles. The first kappa shape index (κ1) is 18.3. The Balaban J connectivity index is 1.35. The molecule has 0 spiro atoms. The Morgan fingerprint density at radius 1 is 1.10 bits per heavy atom. The van der Waals surface area contributed by atoms with Crippen molar-refractivity contribution in [3.8, 4) is 0 Å². The van der Waals surface area contributed by atoms with Gasteiger partial charge in [0.2, 0.25) is 0 Å². The normalized spacial score (nSPS) is 20.9. The Morgan fingerprint density at radius 3 is 2.83 bits per heavy atom. The van der Waals surface area contributed by atoms with Crippen molar-refractivity contribution in [1.29, 1.82) is 0 Å². The average Bonchev–Trinajstić information content (AvgIpc) is 3.28. The van der Waals surface area contributed by atoms with E-state index in [1.54, 1.807) is 6.07 Å². The molecule has 2 aromatic rings. The van der Waals surface area contributed by atoms with Crippen molar-refractivity contribution in [3.63, 3.8) is 0 Å². The lowest BCUT2D eigenvalue weighted by molar-refractivity contribution is -0.110. The summed E-state index contributed by atoms with van der Waals surface area (Å²) >= 11 is 0. The maximum absolute atomic E-state index is 13.7. The van der Waals surface area contributed by atoms with Crippen LogP contribution in [0.3, 0.4) is 0 Å². The van der Waals surface area contributed by atoms with Gasteiger partial charge in [-0.2, -0.15) is 0 Å². The summed E-state index contributed by atoms with van der Waals surface area (Å²) < 4.78 is 25.0. The van der Waals surface area contributed by atoms with Gasteiger partial charge in [0.05, 0.1) is 5.57 Å². The molecule has 3 aliphatic heterocycles. The summed E-state index contributed by atoms with van der Waals surface area (Å²) in [4.78, 5) is 12.5. The van der Waals surface area contributed by atoms with E-state index in [0.717, 1.165) is 50.3 Å². The number of fused-ring (bicyclic) bond motifs is 2.